The molecule has 0 aromatic heterocycles. The van der Waals surface area contributed by atoms with Gasteiger partial charge in [0.2, 0.25) is 10.0 Å². The second-order valence-electron chi connectivity index (χ2n) is 4.00. The third kappa shape index (κ3) is 6.11. The van der Waals surface area contributed by atoms with Crippen molar-refractivity contribution in [2.75, 3.05) is 20.1 Å². The van der Waals surface area contributed by atoms with Crippen molar-refractivity contribution in [2.45, 2.75) is 17.5 Å². The first-order valence-electron chi connectivity index (χ1n) is 5.69. The summed E-state index contributed by atoms with van der Waals surface area (Å²) >= 11 is 2.96. The highest BCUT2D eigenvalue weighted by molar-refractivity contribution is 9.10. The van der Waals surface area contributed by atoms with Crippen LogP contribution >= 0.6 is 28.3 Å². The fourth-order valence-corrected chi connectivity index (χ4v) is 3.50. The molecule has 10 heteroatoms. The van der Waals surface area contributed by atoms with Crippen LogP contribution < -0.4 is 10.0 Å². The molecular weight excluding hydrogens is 397 g/mol. The van der Waals surface area contributed by atoms with Crippen molar-refractivity contribution in [2.24, 2.45) is 0 Å². The van der Waals surface area contributed by atoms with Crippen LogP contribution in [0.5, 0.6) is 0 Å². The molecule has 4 nitrogen and oxygen atoms in total. The maximum absolute atomic E-state index is 12.6. The predicted octanol–water partition coefficient (Wildman–Crippen LogP) is 2.78. The summed E-state index contributed by atoms with van der Waals surface area (Å²) in [5, 5.41) is 2.84. The molecule has 0 atom stereocenters. The van der Waals surface area contributed by atoms with Gasteiger partial charge in [-0.1, -0.05) is 0 Å². The van der Waals surface area contributed by atoms with Crippen molar-refractivity contribution < 1.29 is 21.6 Å². The quantitative estimate of drug-likeness (QED) is 0.708. The molecule has 21 heavy (non-hydrogen) atoms. The zero-order chi connectivity index (χ0) is 15.4. The molecule has 122 valence electrons. The Morgan fingerprint density at radius 1 is 1.24 bits per heavy atom. The number of nitrogens with one attached hydrogen (secondary N) is 2. The number of hydrogen-bond donors (Lipinski definition) is 2. The Bertz CT molecular complexity index is 567. The summed E-state index contributed by atoms with van der Waals surface area (Å²) in [5.41, 5.74) is -1.00. The fourth-order valence-electron chi connectivity index (χ4n) is 1.44. The summed E-state index contributed by atoms with van der Waals surface area (Å²) in [7, 11) is -2.26. The van der Waals surface area contributed by atoms with E-state index in [1.807, 2.05) is 0 Å². The summed E-state index contributed by atoms with van der Waals surface area (Å²) in [6.45, 7) is 0.748. The zero-order valence-corrected chi connectivity index (χ0v) is 14.2. The molecule has 1 aromatic rings. The van der Waals surface area contributed by atoms with Gasteiger partial charge in [0.1, 0.15) is 0 Å². The molecule has 2 N–H and O–H groups in total. The van der Waals surface area contributed by atoms with Gasteiger partial charge in [-0.05, 0) is 54.1 Å². The number of rotatable bonds is 6. The van der Waals surface area contributed by atoms with Crippen molar-refractivity contribution in [3.63, 3.8) is 0 Å². The van der Waals surface area contributed by atoms with E-state index in [0.29, 0.717) is 19.0 Å². The second kappa shape index (κ2) is 8.33. The molecule has 0 radical (unpaired) electrons. The van der Waals surface area contributed by atoms with E-state index in [0.717, 1.165) is 12.1 Å². The Labute approximate surface area is 136 Å². The monoisotopic (exact) mass is 410 g/mol. The smallest absolute Gasteiger partial charge is 0.320 e. The van der Waals surface area contributed by atoms with E-state index in [1.165, 1.54) is 0 Å². The summed E-state index contributed by atoms with van der Waals surface area (Å²) in [4.78, 5) is -0.420. The number of benzene rings is 1. The summed E-state index contributed by atoms with van der Waals surface area (Å²) in [6.07, 6.45) is -4.05. The molecule has 0 bridgehead atoms. The molecule has 0 fully saturated rings. The molecule has 0 saturated carbocycles. The topological polar surface area (TPSA) is 58.2 Å². The average Bonchev–Trinajstić information content (AvgIpc) is 2.33. The van der Waals surface area contributed by atoms with Gasteiger partial charge in [0.15, 0.2) is 0 Å². The van der Waals surface area contributed by atoms with Crippen LogP contribution in [0.3, 0.4) is 0 Å². The molecule has 0 spiro atoms. The largest absolute Gasteiger partial charge is 0.416 e. The lowest BCUT2D eigenvalue weighted by Crippen LogP contribution is -2.27. The highest BCUT2D eigenvalue weighted by Crippen LogP contribution is 2.33. The standard InChI is InChI=1S/C11H14BrF3N2O2S.ClH/c1-16-5-2-6-17-20(18,19)10-7-8(11(13,14)15)3-4-9(10)12;/h3-4,7,16-17H,2,5-6H2,1H3;1H. The van der Waals surface area contributed by atoms with Crippen LogP contribution in [0, 0.1) is 0 Å². The number of halogens is 5. The summed E-state index contributed by atoms with van der Waals surface area (Å²) in [6, 6.07) is 2.51. The lowest BCUT2D eigenvalue weighted by atomic mass is 10.2. The van der Waals surface area contributed by atoms with Crippen molar-refractivity contribution in [3.8, 4) is 0 Å². The predicted molar refractivity (Wildman–Crippen MR) is 80.1 cm³/mol. The lowest BCUT2D eigenvalue weighted by molar-refractivity contribution is -0.137. The third-order valence-electron chi connectivity index (χ3n) is 2.44. The summed E-state index contributed by atoms with van der Waals surface area (Å²) in [5.74, 6) is 0. The minimum Gasteiger partial charge on any atom is -0.320 e. The number of alkyl halides is 3. The van der Waals surface area contributed by atoms with Crippen LogP contribution in [0.15, 0.2) is 27.6 Å². The van der Waals surface area contributed by atoms with Crippen molar-refractivity contribution in [3.05, 3.63) is 28.2 Å². The van der Waals surface area contributed by atoms with Crippen LogP contribution in [0.4, 0.5) is 13.2 Å². The zero-order valence-electron chi connectivity index (χ0n) is 11.0. The van der Waals surface area contributed by atoms with E-state index in [-0.39, 0.29) is 23.4 Å². The molecule has 0 aliphatic heterocycles. The first kappa shape index (κ1) is 20.6. The van der Waals surface area contributed by atoms with Crippen LogP contribution in [0.1, 0.15) is 12.0 Å². The second-order valence-corrected chi connectivity index (χ2v) is 6.59. The number of sulfonamides is 1. The van der Waals surface area contributed by atoms with E-state index in [9.17, 15) is 21.6 Å². The van der Waals surface area contributed by atoms with Gasteiger partial charge in [-0.2, -0.15) is 13.2 Å². The highest BCUT2D eigenvalue weighted by Gasteiger charge is 2.32. The SMILES string of the molecule is CNCCCNS(=O)(=O)c1cc(C(F)(F)F)ccc1Br.Cl. The third-order valence-corrected chi connectivity index (χ3v) is 4.90. The van der Waals surface area contributed by atoms with Crippen molar-refractivity contribution >= 4 is 38.4 Å². The van der Waals surface area contributed by atoms with Crippen LogP contribution in [0.2, 0.25) is 0 Å². The first-order chi connectivity index (χ1) is 9.18. The molecule has 0 heterocycles. The Morgan fingerprint density at radius 3 is 2.38 bits per heavy atom. The van der Waals surface area contributed by atoms with E-state index >= 15 is 0 Å². The van der Waals surface area contributed by atoms with Gasteiger partial charge >= 0.3 is 6.18 Å². The molecule has 0 aliphatic rings. The van der Waals surface area contributed by atoms with Gasteiger partial charge in [-0.3, -0.25) is 0 Å². The van der Waals surface area contributed by atoms with Crippen LogP contribution in [0.25, 0.3) is 0 Å². The van der Waals surface area contributed by atoms with Crippen molar-refractivity contribution in [1.29, 1.82) is 0 Å². The Hall–Kier alpha value is -0.350. The highest BCUT2D eigenvalue weighted by atomic mass is 79.9. The molecule has 1 rings (SSSR count). The van der Waals surface area contributed by atoms with Crippen LogP contribution in [-0.2, 0) is 16.2 Å². The normalized spacial score (nSPS) is 12.0. The van der Waals surface area contributed by atoms with Gasteiger partial charge in [0, 0.05) is 11.0 Å². The van der Waals surface area contributed by atoms with Gasteiger partial charge in [0.05, 0.1) is 10.5 Å². The van der Waals surface area contributed by atoms with Crippen LogP contribution in [-0.4, -0.2) is 28.6 Å². The lowest BCUT2D eigenvalue weighted by Gasteiger charge is -2.12. The fraction of sp³-hybridized carbons (Fsp3) is 0.455. The Kier molecular flexibility index (Phi) is 8.19. The van der Waals surface area contributed by atoms with E-state index < -0.39 is 26.7 Å². The maximum atomic E-state index is 12.6. The molecule has 0 aliphatic carbocycles. The molecular formula is C11H15BrClF3N2O2S. The van der Waals surface area contributed by atoms with E-state index in [2.05, 4.69) is 26.0 Å². The molecule has 0 amide bonds. The Balaban J connectivity index is 0.00000400. The van der Waals surface area contributed by atoms with Gasteiger partial charge in [-0.15, -0.1) is 12.4 Å². The minimum atomic E-state index is -4.59. The molecule has 1 aromatic carbocycles. The van der Waals surface area contributed by atoms with E-state index in [4.69, 9.17) is 0 Å². The van der Waals surface area contributed by atoms with Crippen molar-refractivity contribution in [1.82, 2.24) is 10.0 Å². The van der Waals surface area contributed by atoms with E-state index in [1.54, 1.807) is 7.05 Å². The van der Waals surface area contributed by atoms with Gasteiger partial charge in [-0.25, -0.2) is 13.1 Å². The summed E-state index contributed by atoms with van der Waals surface area (Å²) < 4.78 is 64.1. The first-order valence-corrected chi connectivity index (χ1v) is 7.97. The average molecular weight is 412 g/mol. The maximum Gasteiger partial charge on any atom is 0.416 e. The minimum absolute atomic E-state index is 0. The Morgan fingerprint density at radius 2 is 1.86 bits per heavy atom. The van der Waals surface area contributed by atoms with Gasteiger partial charge < -0.3 is 5.32 Å². The molecule has 0 saturated heterocycles. The van der Waals surface area contributed by atoms with Gasteiger partial charge in [0.25, 0.3) is 0 Å². The number of hydrogen-bond acceptors (Lipinski definition) is 3. The molecule has 0 unspecified atom stereocenters.